The number of methoxy groups -OCH3 is 1. The number of benzene rings is 2. The van der Waals surface area contributed by atoms with E-state index >= 15 is 0 Å². The van der Waals surface area contributed by atoms with Gasteiger partial charge in [-0.25, -0.2) is 13.2 Å². The third kappa shape index (κ3) is 7.13. The molecule has 1 amide bonds. The number of hydrogen-bond donors (Lipinski definition) is 0. The molecule has 42 heavy (non-hydrogen) atoms. The molecule has 0 spiro atoms. The highest BCUT2D eigenvalue weighted by Crippen LogP contribution is 2.33. The van der Waals surface area contributed by atoms with Gasteiger partial charge in [-0.1, -0.05) is 12.1 Å². The number of alkyl halides is 3. The van der Waals surface area contributed by atoms with Crippen molar-refractivity contribution >= 4 is 33.2 Å². The molecule has 1 aliphatic heterocycles. The molecule has 0 saturated carbocycles. The van der Waals surface area contributed by atoms with E-state index in [1.807, 2.05) is 13.8 Å². The first-order valence-electron chi connectivity index (χ1n) is 13.2. The van der Waals surface area contributed by atoms with E-state index in [0.29, 0.717) is 35.6 Å². The molecular weight excluding hydrogens is 593 g/mol. The van der Waals surface area contributed by atoms with Crippen LogP contribution < -0.4 is 4.74 Å². The van der Waals surface area contributed by atoms with Crippen LogP contribution in [0.1, 0.15) is 57.8 Å². The van der Waals surface area contributed by atoms with E-state index in [-0.39, 0.29) is 35.6 Å². The lowest BCUT2D eigenvalue weighted by Crippen LogP contribution is -2.51. The van der Waals surface area contributed by atoms with Crippen LogP contribution in [0.25, 0.3) is 0 Å². The molecule has 3 aromatic rings. The molecule has 2 heterocycles. The van der Waals surface area contributed by atoms with E-state index in [0.717, 1.165) is 24.3 Å². The summed E-state index contributed by atoms with van der Waals surface area (Å²) in [6.45, 7) is 4.07. The van der Waals surface area contributed by atoms with Crippen molar-refractivity contribution in [3.63, 3.8) is 0 Å². The van der Waals surface area contributed by atoms with E-state index in [1.165, 1.54) is 34.9 Å². The molecule has 13 heteroatoms. The average molecular weight is 625 g/mol. The number of nitrogens with zero attached hydrogens (tertiary/aromatic N) is 2. The van der Waals surface area contributed by atoms with Crippen LogP contribution >= 0.6 is 11.3 Å². The second-order valence-corrected chi connectivity index (χ2v) is 12.9. The second kappa shape index (κ2) is 12.8. The van der Waals surface area contributed by atoms with E-state index in [2.05, 4.69) is 0 Å². The predicted molar refractivity (Wildman–Crippen MR) is 151 cm³/mol. The van der Waals surface area contributed by atoms with Crippen molar-refractivity contribution in [2.75, 3.05) is 20.2 Å². The van der Waals surface area contributed by atoms with E-state index in [9.17, 15) is 31.2 Å². The molecule has 8 nitrogen and oxygen atoms in total. The first-order valence-corrected chi connectivity index (χ1v) is 15.5. The summed E-state index contributed by atoms with van der Waals surface area (Å²) in [6, 6.07) is 10.6. The van der Waals surface area contributed by atoms with Crippen molar-refractivity contribution in [3.05, 3.63) is 81.5 Å². The maximum absolute atomic E-state index is 13.9. The standard InChI is InChI=1S/C29H31F3N2O6S2/c1-19(2)40-25-14-16-41-26(25)27(35)33-15-4-5-23(18-33)34(17-20-6-8-21(9-7-20)28(36)39-3)42(37,38)24-12-10-22(11-13-24)29(30,31)32/h6-14,16,19,23H,4-5,15,17-18H2,1-3H3. The van der Waals surface area contributed by atoms with Gasteiger partial charge in [-0.3, -0.25) is 4.79 Å². The van der Waals surface area contributed by atoms with Crippen LogP contribution in [0.3, 0.4) is 0 Å². The predicted octanol–water partition coefficient (Wildman–Crippen LogP) is 5.84. The van der Waals surface area contributed by atoms with Gasteiger partial charge in [-0.15, -0.1) is 11.3 Å². The van der Waals surface area contributed by atoms with Crippen molar-refractivity contribution in [1.29, 1.82) is 0 Å². The molecule has 0 bridgehead atoms. The third-order valence-electron chi connectivity index (χ3n) is 6.78. The summed E-state index contributed by atoms with van der Waals surface area (Å²) in [6.07, 6.45) is -3.81. The zero-order valence-electron chi connectivity index (χ0n) is 23.3. The summed E-state index contributed by atoms with van der Waals surface area (Å²) in [5.41, 5.74) is -0.133. The molecule has 1 atom stereocenters. The van der Waals surface area contributed by atoms with Gasteiger partial charge in [0, 0.05) is 25.7 Å². The Morgan fingerprint density at radius 1 is 1.07 bits per heavy atom. The molecule has 0 radical (unpaired) electrons. The number of likely N-dealkylation sites (tertiary alicyclic amines) is 1. The monoisotopic (exact) mass is 624 g/mol. The zero-order valence-corrected chi connectivity index (χ0v) is 24.9. The number of piperidine rings is 1. The number of amides is 1. The van der Waals surface area contributed by atoms with Gasteiger partial charge in [-0.2, -0.15) is 17.5 Å². The van der Waals surface area contributed by atoms with Crippen LogP contribution in [-0.2, 0) is 27.5 Å². The van der Waals surface area contributed by atoms with Gasteiger partial charge in [0.15, 0.2) is 0 Å². The van der Waals surface area contributed by atoms with Gasteiger partial charge in [0.2, 0.25) is 10.0 Å². The molecule has 1 fully saturated rings. The SMILES string of the molecule is COC(=O)c1ccc(CN(C2CCCN(C(=O)c3sccc3OC(C)C)C2)S(=O)(=O)c2ccc(C(F)(F)F)cc2)cc1. The van der Waals surface area contributed by atoms with Crippen molar-refractivity contribution in [2.45, 2.75) is 56.5 Å². The van der Waals surface area contributed by atoms with Crippen LogP contribution in [0.2, 0.25) is 0 Å². The van der Waals surface area contributed by atoms with Gasteiger partial charge >= 0.3 is 12.1 Å². The Labute approximate surface area is 246 Å². The number of carbonyl (C=O) groups excluding carboxylic acids is 2. The first-order chi connectivity index (χ1) is 19.8. The number of carbonyl (C=O) groups is 2. The average Bonchev–Trinajstić information content (AvgIpc) is 3.42. The summed E-state index contributed by atoms with van der Waals surface area (Å²) < 4.78 is 79.1. The number of halogens is 3. The summed E-state index contributed by atoms with van der Waals surface area (Å²) in [4.78, 5) is 27.1. The number of sulfonamides is 1. The molecule has 1 aromatic heterocycles. The highest BCUT2D eigenvalue weighted by Gasteiger charge is 2.37. The van der Waals surface area contributed by atoms with Gasteiger partial charge in [-0.05, 0) is 80.1 Å². The lowest BCUT2D eigenvalue weighted by atomic mass is 10.0. The number of thiophene rings is 1. The van der Waals surface area contributed by atoms with Crippen molar-refractivity contribution in [3.8, 4) is 5.75 Å². The smallest absolute Gasteiger partial charge is 0.416 e. The number of esters is 1. The Bertz CT molecular complexity index is 1500. The van der Waals surface area contributed by atoms with Crippen LogP contribution in [-0.4, -0.2) is 61.8 Å². The fourth-order valence-corrected chi connectivity index (χ4v) is 7.15. The Morgan fingerprint density at radius 2 is 1.74 bits per heavy atom. The molecule has 1 saturated heterocycles. The Kier molecular flexibility index (Phi) is 9.63. The number of hydrogen-bond acceptors (Lipinski definition) is 7. The molecule has 0 N–H and O–H groups in total. The number of rotatable bonds is 9. The Morgan fingerprint density at radius 3 is 2.33 bits per heavy atom. The Hall–Kier alpha value is -3.42. The van der Waals surface area contributed by atoms with E-state index in [4.69, 9.17) is 9.47 Å². The van der Waals surface area contributed by atoms with Crippen molar-refractivity contribution in [2.24, 2.45) is 0 Å². The molecule has 226 valence electrons. The molecule has 0 aliphatic carbocycles. The molecular formula is C29H31F3N2O6S2. The topological polar surface area (TPSA) is 93.2 Å². The highest BCUT2D eigenvalue weighted by molar-refractivity contribution is 7.89. The molecule has 4 rings (SSSR count). The quantitative estimate of drug-likeness (QED) is 0.278. The summed E-state index contributed by atoms with van der Waals surface area (Å²) in [7, 11) is -3.06. The lowest BCUT2D eigenvalue weighted by molar-refractivity contribution is -0.137. The fraction of sp³-hybridized carbons (Fsp3) is 0.379. The van der Waals surface area contributed by atoms with Gasteiger partial charge in [0.05, 0.1) is 29.2 Å². The normalized spacial score (nSPS) is 16.1. The fourth-order valence-electron chi connectivity index (χ4n) is 4.72. The van der Waals surface area contributed by atoms with Gasteiger partial charge in [0.25, 0.3) is 5.91 Å². The highest BCUT2D eigenvalue weighted by atomic mass is 32.2. The van der Waals surface area contributed by atoms with Crippen molar-refractivity contribution in [1.82, 2.24) is 9.21 Å². The largest absolute Gasteiger partial charge is 0.489 e. The van der Waals surface area contributed by atoms with Crippen molar-refractivity contribution < 1.29 is 40.7 Å². The summed E-state index contributed by atoms with van der Waals surface area (Å²) in [5.74, 6) is -0.367. The maximum Gasteiger partial charge on any atom is 0.416 e. The summed E-state index contributed by atoms with van der Waals surface area (Å²) in [5, 5.41) is 1.76. The maximum atomic E-state index is 13.9. The van der Waals surface area contributed by atoms with Crippen LogP contribution in [0.5, 0.6) is 5.75 Å². The second-order valence-electron chi connectivity index (χ2n) is 10.1. The van der Waals surface area contributed by atoms with Crippen LogP contribution in [0.15, 0.2) is 64.9 Å². The van der Waals surface area contributed by atoms with Gasteiger partial charge < -0.3 is 14.4 Å². The Balaban J connectivity index is 1.66. The zero-order chi connectivity index (χ0) is 30.7. The molecule has 2 aromatic carbocycles. The minimum atomic E-state index is -4.62. The van der Waals surface area contributed by atoms with E-state index in [1.54, 1.807) is 28.5 Å². The van der Waals surface area contributed by atoms with Crippen LogP contribution in [0, 0.1) is 0 Å². The minimum Gasteiger partial charge on any atom is -0.489 e. The molecule has 1 unspecified atom stereocenters. The van der Waals surface area contributed by atoms with Gasteiger partial charge in [0.1, 0.15) is 10.6 Å². The van der Waals surface area contributed by atoms with E-state index < -0.39 is 33.8 Å². The molecule has 1 aliphatic rings. The number of ether oxygens (including phenoxy) is 2. The van der Waals surface area contributed by atoms with Crippen LogP contribution in [0.4, 0.5) is 13.2 Å². The summed E-state index contributed by atoms with van der Waals surface area (Å²) >= 11 is 1.24. The lowest BCUT2D eigenvalue weighted by Gasteiger charge is -2.38. The minimum absolute atomic E-state index is 0.0813. The first kappa shape index (κ1) is 31.5. The third-order valence-corrected chi connectivity index (χ3v) is 9.57.